The van der Waals surface area contributed by atoms with E-state index in [1.54, 1.807) is 0 Å². The quantitative estimate of drug-likeness (QED) is 0.910. The van der Waals surface area contributed by atoms with Crippen molar-refractivity contribution >= 4 is 11.3 Å². The normalized spacial score (nSPS) is 23.8. The van der Waals surface area contributed by atoms with Gasteiger partial charge in [0.1, 0.15) is 0 Å². The van der Waals surface area contributed by atoms with Crippen LogP contribution in [0.5, 0.6) is 0 Å². The first-order valence-corrected chi connectivity index (χ1v) is 7.90. The topological polar surface area (TPSA) is 34.1 Å². The Balaban J connectivity index is 1.75. The summed E-state index contributed by atoms with van der Waals surface area (Å²) in [6.07, 6.45) is 6.24. The Kier molecular flexibility index (Phi) is 3.68. The summed E-state index contributed by atoms with van der Waals surface area (Å²) in [5.74, 6) is 0.643. The Morgan fingerprint density at radius 3 is 2.83 bits per heavy atom. The molecule has 0 unspecified atom stereocenters. The van der Waals surface area contributed by atoms with Gasteiger partial charge in [0.2, 0.25) is 0 Å². The number of likely N-dealkylation sites (N-methyl/N-ethyl adjacent to an activating group) is 1. The lowest BCUT2D eigenvalue weighted by Crippen LogP contribution is -2.43. The lowest BCUT2D eigenvalue weighted by Gasteiger charge is -2.40. The Hall–Kier alpha value is -0.450. The molecule has 100 valence electrons. The summed E-state index contributed by atoms with van der Waals surface area (Å²) in [6, 6.07) is 0. The molecule has 2 fully saturated rings. The molecule has 1 N–H and O–H groups in total. The van der Waals surface area contributed by atoms with E-state index in [1.807, 2.05) is 18.4 Å². The van der Waals surface area contributed by atoms with E-state index in [-0.39, 0.29) is 0 Å². The highest BCUT2D eigenvalue weighted by Gasteiger charge is 2.40. The van der Waals surface area contributed by atoms with Crippen LogP contribution < -0.4 is 5.32 Å². The number of aromatic nitrogens is 1. The Labute approximate surface area is 113 Å². The van der Waals surface area contributed by atoms with E-state index in [2.05, 4.69) is 10.7 Å². The van der Waals surface area contributed by atoms with Gasteiger partial charge in [0.25, 0.3) is 0 Å². The lowest BCUT2D eigenvalue weighted by molar-refractivity contribution is 0.0851. The number of hydrogen-bond donors (Lipinski definition) is 1. The highest BCUT2D eigenvalue weighted by molar-refractivity contribution is 7.09. The van der Waals surface area contributed by atoms with Gasteiger partial charge in [0, 0.05) is 36.5 Å². The van der Waals surface area contributed by atoms with Crippen LogP contribution in [-0.2, 0) is 10.2 Å². The van der Waals surface area contributed by atoms with E-state index in [1.165, 1.54) is 30.0 Å². The number of nitrogens with zero attached hydrogens (tertiary/aromatic N) is 1. The summed E-state index contributed by atoms with van der Waals surface area (Å²) >= 11 is 1.86. The third-order valence-corrected chi connectivity index (χ3v) is 5.47. The fourth-order valence-electron chi connectivity index (χ4n) is 3.13. The minimum absolute atomic E-state index is 0.342. The Bertz CT molecular complexity index is 394. The van der Waals surface area contributed by atoms with Crippen molar-refractivity contribution in [1.82, 2.24) is 10.3 Å². The molecule has 2 aliphatic rings. The summed E-state index contributed by atoms with van der Waals surface area (Å²) in [7, 11) is 2.05. The predicted octanol–water partition coefficient (Wildman–Crippen LogP) is 2.68. The van der Waals surface area contributed by atoms with Gasteiger partial charge in [0.15, 0.2) is 0 Å². The third-order valence-electron chi connectivity index (χ3n) is 4.46. The molecule has 4 heteroatoms. The number of ether oxygens (including phenoxy) is 1. The van der Waals surface area contributed by atoms with Crippen LogP contribution in [0.3, 0.4) is 0 Å². The fourth-order valence-corrected chi connectivity index (χ4v) is 4.24. The Morgan fingerprint density at radius 2 is 2.22 bits per heavy atom. The zero-order valence-corrected chi connectivity index (χ0v) is 11.9. The second-order valence-corrected chi connectivity index (χ2v) is 6.51. The number of nitrogens with one attached hydrogen (secondary N) is 1. The van der Waals surface area contributed by atoms with Gasteiger partial charge >= 0.3 is 0 Å². The first kappa shape index (κ1) is 12.6. The van der Waals surface area contributed by atoms with Crippen molar-refractivity contribution in [2.45, 2.75) is 43.4 Å². The zero-order valence-electron chi connectivity index (χ0n) is 11.1. The molecule has 0 bridgehead atoms. The molecule has 0 aromatic carbocycles. The van der Waals surface area contributed by atoms with E-state index in [0.29, 0.717) is 11.3 Å². The number of hydrogen-bond acceptors (Lipinski definition) is 4. The van der Waals surface area contributed by atoms with Gasteiger partial charge in [0.05, 0.1) is 10.7 Å². The van der Waals surface area contributed by atoms with E-state index < -0.39 is 0 Å². The van der Waals surface area contributed by atoms with E-state index in [4.69, 9.17) is 9.72 Å². The molecule has 1 aromatic heterocycles. The van der Waals surface area contributed by atoms with E-state index >= 15 is 0 Å². The molecular formula is C14H22N2OS. The summed E-state index contributed by atoms with van der Waals surface area (Å²) in [5.41, 5.74) is 1.68. The van der Waals surface area contributed by atoms with Gasteiger partial charge in [-0.3, -0.25) is 0 Å². The van der Waals surface area contributed by atoms with E-state index in [9.17, 15) is 0 Å². The van der Waals surface area contributed by atoms with Gasteiger partial charge in [-0.1, -0.05) is 6.42 Å². The van der Waals surface area contributed by atoms with Crippen molar-refractivity contribution in [2.24, 2.45) is 0 Å². The Morgan fingerprint density at radius 1 is 1.44 bits per heavy atom. The molecule has 1 saturated carbocycles. The van der Waals surface area contributed by atoms with Gasteiger partial charge in [-0.05, 0) is 32.7 Å². The molecular weight excluding hydrogens is 244 g/mol. The molecule has 2 heterocycles. The van der Waals surface area contributed by atoms with Crippen LogP contribution in [0.25, 0.3) is 0 Å². The molecule has 0 radical (unpaired) electrons. The second kappa shape index (κ2) is 5.27. The van der Waals surface area contributed by atoms with Gasteiger partial charge in [-0.25, -0.2) is 4.98 Å². The lowest BCUT2D eigenvalue weighted by atomic mass is 9.67. The molecule has 0 spiro atoms. The molecule has 0 atom stereocenters. The standard InChI is InChI=1S/C14H22N2OS/c1-15-10-14(5-2-6-14)12-9-18-13(16-12)11-3-7-17-8-4-11/h9,11,15H,2-8,10H2,1H3. The number of thiazole rings is 1. The molecule has 1 aliphatic heterocycles. The average molecular weight is 266 g/mol. The molecule has 1 aromatic rings. The van der Waals surface area contributed by atoms with Crippen molar-refractivity contribution in [1.29, 1.82) is 0 Å². The van der Waals surface area contributed by atoms with Crippen LogP contribution in [0.15, 0.2) is 5.38 Å². The van der Waals surface area contributed by atoms with Crippen molar-refractivity contribution in [3.05, 3.63) is 16.1 Å². The van der Waals surface area contributed by atoms with Crippen LogP contribution in [0.1, 0.15) is 48.7 Å². The van der Waals surface area contributed by atoms with Crippen LogP contribution in [0, 0.1) is 0 Å². The van der Waals surface area contributed by atoms with Crippen molar-refractivity contribution in [3.8, 4) is 0 Å². The SMILES string of the molecule is CNCC1(c2csc(C3CCOCC3)n2)CCC1. The maximum Gasteiger partial charge on any atom is 0.0961 e. The minimum Gasteiger partial charge on any atom is -0.381 e. The monoisotopic (exact) mass is 266 g/mol. The summed E-state index contributed by atoms with van der Waals surface area (Å²) in [5, 5.41) is 6.99. The smallest absolute Gasteiger partial charge is 0.0961 e. The average Bonchev–Trinajstić information content (AvgIpc) is 2.84. The molecule has 0 amide bonds. The second-order valence-electron chi connectivity index (χ2n) is 5.62. The van der Waals surface area contributed by atoms with Crippen LogP contribution in [-0.4, -0.2) is 31.8 Å². The van der Waals surface area contributed by atoms with Crippen molar-refractivity contribution in [2.75, 3.05) is 26.8 Å². The van der Waals surface area contributed by atoms with Crippen LogP contribution in [0.2, 0.25) is 0 Å². The predicted molar refractivity (Wildman–Crippen MR) is 74.4 cm³/mol. The molecule has 3 rings (SSSR count). The van der Waals surface area contributed by atoms with Gasteiger partial charge in [-0.2, -0.15) is 0 Å². The first-order chi connectivity index (χ1) is 8.84. The summed E-state index contributed by atoms with van der Waals surface area (Å²) in [6.45, 7) is 2.88. The summed E-state index contributed by atoms with van der Waals surface area (Å²) in [4.78, 5) is 4.97. The minimum atomic E-state index is 0.342. The highest BCUT2D eigenvalue weighted by Crippen LogP contribution is 2.44. The zero-order chi connectivity index (χ0) is 12.4. The van der Waals surface area contributed by atoms with Crippen molar-refractivity contribution < 1.29 is 4.74 Å². The first-order valence-electron chi connectivity index (χ1n) is 7.02. The van der Waals surface area contributed by atoms with Gasteiger partial charge in [-0.15, -0.1) is 11.3 Å². The van der Waals surface area contributed by atoms with Gasteiger partial charge < -0.3 is 10.1 Å². The highest BCUT2D eigenvalue weighted by atomic mass is 32.1. The van der Waals surface area contributed by atoms with Crippen LogP contribution >= 0.6 is 11.3 Å². The van der Waals surface area contributed by atoms with E-state index in [0.717, 1.165) is 32.6 Å². The number of rotatable bonds is 4. The van der Waals surface area contributed by atoms with Crippen LogP contribution in [0.4, 0.5) is 0 Å². The largest absolute Gasteiger partial charge is 0.381 e. The molecule has 3 nitrogen and oxygen atoms in total. The maximum atomic E-state index is 5.43. The summed E-state index contributed by atoms with van der Waals surface area (Å²) < 4.78 is 5.43. The van der Waals surface area contributed by atoms with Crippen molar-refractivity contribution in [3.63, 3.8) is 0 Å². The maximum absolute atomic E-state index is 5.43. The molecule has 1 saturated heterocycles. The third kappa shape index (κ3) is 2.22. The molecule has 1 aliphatic carbocycles. The molecule has 18 heavy (non-hydrogen) atoms. The fraction of sp³-hybridized carbons (Fsp3) is 0.786.